The lowest BCUT2D eigenvalue weighted by Crippen LogP contribution is -2.55. The molecule has 1 spiro atoms. The van der Waals surface area contributed by atoms with E-state index in [0.717, 1.165) is 38.8 Å². The van der Waals surface area contributed by atoms with Crippen LogP contribution in [0.1, 0.15) is 54.8 Å². The maximum Gasteiger partial charge on any atom is 0.274 e. The van der Waals surface area contributed by atoms with Crippen molar-refractivity contribution in [3.63, 3.8) is 0 Å². The Kier molecular flexibility index (Phi) is 5.92. The van der Waals surface area contributed by atoms with Crippen LogP contribution in [0.15, 0.2) is 48.9 Å². The Morgan fingerprint density at radius 1 is 1.24 bits per heavy atom. The van der Waals surface area contributed by atoms with E-state index in [-0.39, 0.29) is 23.7 Å². The van der Waals surface area contributed by atoms with Gasteiger partial charge in [0.25, 0.3) is 5.91 Å². The zero-order valence-corrected chi connectivity index (χ0v) is 17.3. The molecule has 2 saturated heterocycles. The van der Waals surface area contributed by atoms with Gasteiger partial charge in [0.1, 0.15) is 5.69 Å². The monoisotopic (exact) mass is 394 g/mol. The zero-order valence-electron chi connectivity index (χ0n) is 17.3. The lowest BCUT2D eigenvalue weighted by molar-refractivity contribution is -0.170. The second kappa shape index (κ2) is 8.59. The third-order valence-corrected chi connectivity index (χ3v) is 6.38. The van der Waals surface area contributed by atoms with E-state index in [2.05, 4.69) is 46.2 Å². The molecule has 2 atom stereocenters. The molecule has 0 bridgehead atoms. The first-order valence-corrected chi connectivity index (χ1v) is 10.6. The molecule has 2 fully saturated rings. The van der Waals surface area contributed by atoms with Gasteiger partial charge in [0.15, 0.2) is 0 Å². The van der Waals surface area contributed by atoms with Gasteiger partial charge in [-0.1, -0.05) is 30.3 Å². The van der Waals surface area contributed by atoms with E-state index in [1.807, 2.05) is 17.9 Å². The largest absolute Gasteiger partial charge is 0.367 e. The molecule has 29 heavy (non-hydrogen) atoms. The number of rotatable bonds is 4. The van der Waals surface area contributed by atoms with Gasteiger partial charge in [-0.2, -0.15) is 0 Å². The van der Waals surface area contributed by atoms with Gasteiger partial charge in [0.2, 0.25) is 0 Å². The molecule has 0 radical (unpaired) electrons. The zero-order chi connectivity index (χ0) is 20.3. The van der Waals surface area contributed by atoms with Gasteiger partial charge in [-0.05, 0) is 45.2 Å². The molecule has 2 aliphatic heterocycles. The lowest BCUT2D eigenvalue weighted by atomic mass is 9.79. The molecule has 1 aromatic heterocycles. The van der Waals surface area contributed by atoms with Crippen molar-refractivity contribution in [2.45, 2.75) is 50.4 Å². The molecule has 0 saturated carbocycles. The normalized spacial score (nSPS) is 24.3. The van der Waals surface area contributed by atoms with Crippen LogP contribution in [0.4, 0.5) is 0 Å². The number of ether oxygens (including phenoxy) is 1. The van der Waals surface area contributed by atoms with E-state index in [4.69, 9.17) is 4.74 Å². The third-order valence-electron chi connectivity index (χ3n) is 6.38. The molecular weight excluding hydrogens is 364 g/mol. The van der Waals surface area contributed by atoms with Crippen LogP contribution in [0, 0.1) is 0 Å². The minimum absolute atomic E-state index is 0.00191. The molecule has 0 unspecified atom stereocenters. The Hall–Kier alpha value is -2.31. The van der Waals surface area contributed by atoms with Crippen LogP contribution in [0.5, 0.6) is 0 Å². The van der Waals surface area contributed by atoms with E-state index in [1.54, 1.807) is 18.6 Å². The molecule has 0 aliphatic carbocycles. The quantitative estimate of drug-likeness (QED) is 0.796. The first-order chi connectivity index (χ1) is 14.1. The standard InChI is InChI=1S/C23H30N4O2/c1-3-27(22(28)20-17-24-11-12-25-20)19-15-21(18-7-5-4-6-8-18)29-23(16-19)9-13-26(2)14-10-23/h4-8,11-12,17,19,21H,3,9-10,13-16H2,1-2H3/t19-,21-/m0/s1. The second-order valence-corrected chi connectivity index (χ2v) is 8.28. The fraction of sp³-hybridized carbons (Fsp3) is 0.522. The molecule has 0 N–H and O–H groups in total. The highest BCUT2D eigenvalue weighted by atomic mass is 16.5. The molecule has 1 amide bonds. The van der Waals surface area contributed by atoms with E-state index in [9.17, 15) is 4.79 Å². The van der Waals surface area contributed by atoms with Crippen LogP contribution in [0.2, 0.25) is 0 Å². The maximum absolute atomic E-state index is 13.2. The highest BCUT2D eigenvalue weighted by Crippen LogP contribution is 2.44. The van der Waals surface area contributed by atoms with Gasteiger partial charge in [-0.25, -0.2) is 4.98 Å². The molecule has 6 nitrogen and oxygen atoms in total. The summed E-state index contributed by atoms with van der Waals surface area (Å²) in [4.78, 5) is 25.9. The minimum Gasteiger partial charge on any atom is -0.367 e. The first kappa shape index (κ1) is 20.0. The fourth-order valence-electron chi connectivity index (χ4n) is 4.74. The van der Waals surface area contributed by atoms with Crippen LogP contribution >= 0.6 is 0 Å². The van der Waals surface area contributed by atoms with Crippen LogP contribution < -0.4 is 0 Å². The van der Waals surface area contributed by atoms with E-state index in [0.29, 0.717) is 12.2 Å². The summed E-state index contributed by atoms with van der Waals surface area (Å²) >= 11 is 0. The van der Waals surface area contributed by atoms with Crippen molar-refractivity contribution in [3.05, 3.63) is 60.2 Å². The van der Waals surface area contributed by atoms with Crippen molar-refractivity contribution in [2.75, 3.05) is 26.7 Å². The van der Waals surface area contributed by atoms with E-state index in [1.165, 1.54) is 5.56 Å². The Balaban J connectivity index is 1.62. The Labute approximate surface area is 172 Å². The van der Waals surface area contributed by atoms with Crippen LogP contribution in [0.3, 0.4) is 0 Å². The average Bonchev–Trinajstić information content (AvgIpc) is 2.77. The smallest absolute Gasteiger partial charge is 0.274 e. The topological polar surface area (TPSA) is 58.6 Å². The summed E-state index contributed by atoms with van der Waals surface area (Å²) in [6, 6.07) is 10.5. The van der Waals surface area contributed by atoms with E-state index >= 15 is 0 Å². The van der Waals surface area contributed by atoms with Gasteiger partial charge in [-0.3, -0.25) is 9.78 Å². The van der Waals surface area contributed by atoms with Crippen molar-refractivity contribution in [1.82, 2.24) is 19.8 Å². The molecule has 6 heteroatoms. The summed E-state index contributed by atoms with van der Waals surface area (Å²) in [5, 5.41) is 0. The molecule has 2 aromatic rings. The van der Waals surface area contributed by atoms with Gasteiger partial charge >= 0.3 is 0 Å². The van der Waals surface area contributed by atoms with Gasteiger partial charge in [-0.15, -0.1) is 0 Å². The van der Waals surface area contributed by atoms with Crippen LogP contribution in [-0.2, 0) is 4.74 Å². The van der Waals surface area contributed by atoms with Gasteiger partial charge in [0, 0.05) is 38.1 Å². The summed E-state index contributed by atoms with van der Waals surface area (Å²) in [7, 11) is 2.16. The number of hydrogen-bond donors (Lipinski definition) is 0. The van der Waals surface area contributed by atoms with Crippen molar-refractivity contribution in [2.24, 2.45) is 0 Å². The number of hydrogen-bond acceptors (Lipinski definition) is 5. The number of carbonyl (C=O) groups excluding carboxylic acids is 1. The highest BCUT2D eigenvalue weighted by molar-refractivity contribution is 5.92. The SMILES string of the molecule is CCN(C(=O)c1cnccn1)[C@H]1C[C@@H](c2ccccc2)OC2(CCN(C)CC2)C1. The summed E-state index contributed by atoms with van der Waals surface area (Å²) in [6.07, 6.45) is 8.43. The summed E-state index contributed by atoms with van der Waals surface area (Å²) in [5.41, 5.74) is 1.43. The molecule has 154 valence electrons. The Morgan fingerprint density at radius 3 is 2.66 bits per heavy atom. The number of likely N-dealkylation sites (tertiary alicyclic amines) is 1. The van der Waals surface area contributed by atoms with Crippen molar-refractivity contribution >= 4 is 5.91 Å². The summed E-state index contributed by atoms with van der Waals surface area (Å²) in [5.74, 6) is -0.0395. The minimum atomic E-state index is -0.175. The van der Waals surface area contributed by atoms with Crippen molar-refractivity contribution in [1.29, 1.82) is 0 Å². The second-order valence-electron chi connectivity index (χ2n) is 8.28. The predicted molar refractivity (Wildman–Crippen MR) is 111 cm³/mol. The molecule has 4 rings (SSSR count). The van der Waals surface area contributed by atoms with Crippen LogP contribution in [0.25, 0.3) is 0 Å². The highest BCUT2D eigenvalue weighted by Gasteiger charge is 2.45. The molecular formula is C23H30N4O2. The van der Waals surface area contributed by atoms with E-state index < -0.39 is 0 Å². The maximum atomic E-state index is 13.2. The number of carbonyl (C=O) groups is 1. The Bertz CT molecular complexity index is 806. The molecule has 2 aliphatic rings. The average molecular weight is 395 g/mol. The number of amides is 1. The lowest BCUT2D eigenvalue weighted by Gasteiger charge is -2.50. The molecule has 1 aromatic carbocycles. The van der Waals surface area contributed by atoms with Crippen molar-refractivity contribution < 1.29 is 9.53 Å². The van der Waals surface area contributed by atoms with Crippen molar-refractivity contribution in [3.8, 4) is 0 Å². The van der Waals surface area contributed by atoms with Gasteiger partial charge < -0.3 is 14.5 Å². The van der Waals surface area contributed by atoms with Crippen LogP contribution in [-0.4, -0.2) is 64.0 Å². The third kappa shape index (κ3) is 4.33. The molecule has 3 heterocycles. The number of nitrogens with zero attached hydrogens (tertiary/aromatic N) is 4. The summed E-state index contributed by atoms with van der Waals surface area (Å²) < 4.78 is 6.77. The Morgan fingerprint density at radius 2 is 2.00 bits per heavy atom. The van der Waals surface area contributed by atoms with Gasteiger partial charge in [0.05, 0.1) is 17.9 Å². The number of piperidine rings is 1. The number of benzene rings is 1. The first-order valence-electron chi connectivity index (χ1n) is 10.6. The summed E-state index contributed by atoms with van der Waals surface area (Å²) in [6.45, 7) is 4.75. The fourth-order valence-corrected chi connectivity index (χ4v) is 4.74. The number of aromatic nitrogens is 2. The predicted octanol–water partition coefficient (Wildman–Crippen LogP) is 3.32.